The number of carboxylic acids is 2. The quantitative estimate of drug-likeness (QED) is 0.508. The predicted octanol–water partition coefficient (Wildman–Crippen LogP) is 2.98. The van der Waals surface area contributed by atoms with Crippen LogP contribution in [-0.2, 0) is 25.6 Å². The number of aromatic nitrogens is 1. The van der Waals surface area contributed by atoms with E-state index in [1.807, 2.05) is 24.1 Å². The molecule has 1 aromatic carbocycles. The van der Waals surface area contributed by atoms with Gasteiger partial charge >= 0.3 is 24.3 Å². The van der Waals surface area contributed by atoms with Crippen LogP contribution in [0.25, 0.3) is 0 Å². The number of pyridine rings is 1. The molecule has 1 atom stereocenters. The lowest BCUT2D eigenvalue weighted by Crippen LogP contribution is -2.64. The Balaban J connectivity index is 0.000000367. The average molecular weight is 610 g/mol. The largest absolute Gasteiger partial charge is 0.490 e. The molecule has 3 heterocycles. The molecule has 4 rings (SSSR count). The molecule has 2 saturated heterocycles. The Morgan fingerprint density at radius 3 is 2.07 bits per heavy atom. The Bertz CT molecular complexity index is 1250. The number of halogens is 7. The van der Waals surface area contributed by atoms with E-state index in [1.165, 1.54) is 12.1 Å². The molecule has 0 radical (unpaired) electrons. The van der Waals surface area contributed by atoms with Gasteiger partial charge in [0.15, 0.2) is 0 Å². The standard InChI is InChI=1S/C21H23FN4O2.2C2HF3O2/c1-24-13-20(28)26(18-6-3-8-23-12-18)15-21(24)7-9-25(14-21)19(27)11-16-4-2-5-17(22)10-16;2*3-2(4,5)1(6)7/h2-6,8,10,12H,7,9,11,13-15H2,1H3;2*(H,6,7). The van der Waals surface area contributed by atoms with Crippen LogP contribution in [0.4, 0.5) is 36.4 Å². The minimum atomic E-state index is -5.08. The summed E-state index contributed by atoms with van der Waals surface area (Å²) in [5.74, 6) is -5.83. The van der Waals surface area contributed by atoms with Crippen molar-refractivity contribution in [3.63, 3.8) is 0 Å². The Hall–Kier alpha value is -4.28. The maximum Gasteiger partial charge on any atom is 0.490 e. The number of carboxylic acid groups (broad SMARTS) is 2. The molecule has 2 fully saturated rings. The molecule has 0 bridgehead atoms. The number of hydrogen-bond donors (Lipinski definition) is 2. The van der Waals surface area contributed by atoms with Gasteiger partial charge in [-0.1, -0.05) is 12.1 Å². The number of hydrogen-bond acceptors (Lipinski definition) is 6. The van der Waals surface area contributed by atoms with Gasteiger partial charge in [0, 0.05) is 25.8 Å². The van der Waals surface area contributed by atoms with Crippen molar-refractivity contribution in [3.8, 4) is 0 Å². The number of likely N-dealkylation sites (tertiary alicyclic amines) is 1. The molecule has 0 aliphatic carbocycles. The molecule has 0 saturated carbocycles. The van der Waals surface area contributed by atoms with Crippen molar-refractivity contribution in [1.82, 2.24) is 14.8 Å². The van der Waals surface area contributed by atoms with E-state index in [0.29, 0.717) is 31.7 Å². The highest BCUT2D eigenvalue weighted by Crippen LogP contribution is 2.33. The highest BCUT2D eigenvalue weighted by Gasteiger charge is 2.48. The average Bonchev–Trinajstić information content (AvgIpc) is 3.32. The Morgan fingerprint density at radius 2 is 1.57 bits per heavy atom. The fourth-order valence-corrected chi connectivity index (χ4v) is 4.15. The summed E-state index contributed by atoms with van der Waals surface area (Å²) < 4.78 is 76.9. The summed E-state index contributed by atoms with van der Waals surface area (Å²) in [6.45, 7) is 2.02. The molecule has 17 heteroatoms. The number of piperazine rings is 1. The third-order valence-corrected chi connectivity index (χ3v) is 6.31. The molecular weight excluding hydrogens is 585 g/mol. The van der Waals surface area contributed by atoms with Crippen molar-refractivity contribution in [3.05, 3.63) is 60.2 Å². The van der Waals surface area contributed by atoms with Gasteiger partial charge < -0.3 is 20.0 Å². The molecule has 1 spiro atoms. The summed E-state index contributed by atoms with van der Waals surface area (Å²) >= 11 is 0. The van der Waals surface area contributed by atoms with E-state index in [0.717, 1.165) is 12.1 Å². The van der Waals surface area contributed by atoms with Crippen LogP contribution in [0.1, 0.15) is 12.0 Å². The first-order valence-electron chi connectivity index (χ1n) is 11.9. The number of carbonyl (C=O) groups excluding carboxylic acids is 2. The number of nitrogens with zero attached hydrogens (tertiary/aromatic N) is 4. The minimum absolute atomic E-state index is 0.0132. The Kier molecular flexibility index (Phi) is 11.0. The zero-order chi connectivity index (χ0) is 31.9. The van der Waals surface area contributed by atoms with Gasteiger partial charge in [0.1, 0.15) is 5.82 Å². The lowest BCUT2D eigenvalue weighted by atomic mass is 9.92. The molecule has 2 amide bonds. The van der Waals surface area contributed by atoms with Gasteiger partial charge in [-0.05, 0) is 43.3 Å². The van der Waals surface area contributed by atoms with Gasteiger partial charge in [-0.3, -0.25) is 19.5 Å². The molecule has 2 N–H and O–H groups in total. The topological polar surface area (TPSA) is 131 Å². The number of rotatable bonds is 3. The summed E-state index contributed by atoms with van der Waals surface area (Å²) in [7, 11) is 1.94. The highest BCUT2D eigenvalue weighted by atomic mass is 19.4. The van der Waals surface area contributed by atoms with Crippen molar-refractivity contribution < 1.29 is 60.1 Å². The fourth-order valence-electron chi connectivity index (χ4n) is 4.15. The van der Waals surface area contributed by atoms with Gasteiger partial charge in [-0.2, -0.15) is 26.3 Å². The van der Waals surface area contributed by atoms with Crippen LogP contribution in [0.5, 0.6) is 0 Å². The minimum Gasteiger partial charge on any atom is -0.475 e. The molecule has 42 heavy (non-hydrogen) atoms. The summed E-state index contributed by atoms with van der Waals surface area (Å²) in [5, 5.41) is 14.2. The van der Waals surface area contributed by atoms with Gasteiger partial charge in [0.25, 0.3) is 0 Å². The first kappa shape index (κ1) is 33.9. The number of benzene rings is 1. The lowest BCUT2D eigenvalue weighted by molar-refractivity contribution is -0.193. The van der Waals surface area contributed by atoms with E-state index in [9.17, 15) is 40.3 Å². The number of carbonyl (C=O) groups is 4. The van der Waals surface area contributed by atoms with Gasteiger partial charge in [-0.25, -0.2) is 14.0 Å². The lowest BCUT2D eigenvalue weighted by Gasteiger charge is -2.46. The number of aliphatic carboxylic acids is 2. The van der Waals surface area contributed by atoms with E-state index >= 15 is 0 Å². The van der Waals surface area contributed by atoms with Crippen LogP contribution in [0.2, 0.25) is 0 Å². The maximum atomic E-state index is 13.4. The van der Waals surface area contributed by atoms with Crippen LogP contribution in [0.3, 0.4) is 0 Å². The van der Waals surface area contributed by atoms with Crippen LogP contribution in [0, 0.1) is 5.82 Å². The maximum absolute atomic E-state index is 13.4. The van der Waals surface area contributed by atoms with E-state index in [-0.39, 0.29) is 29.6 Å². The van der Waals surface area contributed by atoms with Crippen LogP contribution in [0.15, 0.2) is 48.8 Å². The Morgan fingerprint density at radius 1 is 0.976 bits per heavy atom. The third-order valence-electron chi connectivity index (χ3n) is 6.31. The van der Waals surface area contributed by atoms with Crippen LogP contribution in [-0.4, -0.2) is 99.9 Å². The Labute approximate surface area is 233 Å². The van der Waals surface area contributed by atoms with Gasteiger partial charge in [0.2, 0.25) is 11.8 Å². The summed E-state index contributed by atoms with van der Waals surface area (Å²) in [5.41, 5.74) is 1.18. The van der Waals surface area contributed by atoms with Gasteiger partial charge in [-0.15, -0.1) is 0 Å². The predicted molar refractivity (Wildman–Crippen MR) is 131 cm³/mol. The monoisotopic (exact) mass is 610 g/mol. The third kappa shape index (κ3) is 9.39. The normalized spacial score (nSPS) is 19.0. The molecule has 2 aliphatic rings. The molecular formula is C25H25F7N4O6. The molecule has 1 aromatic heterocycles. The number of likely N-dealkylation sites (N-methyl/N-ethyl adjacent to an activating group) is 1. The summed E-state index contributed by atoms with van der Waals surface area (Å²) in [6.07, 6.45) is -5.81. The number of alkyl halides is 6. The smallest absolute Gasteiger partial charge is 0.475 e. The first-order chi connectivity index (χ1) is 19.4. The number of anilines is 1. The summed E-state index contributed by atoms with van der Waals surface area (Å²) in [6, 6.07) is 9.86. The van der Waals surface area contributed by atoms with E-state index in [4.69, 9.17) is 19.8 Å². The van der Waals surface area contributed by atoms with Crippen molar-refractivity contribution in [2.45, 2.75) is 30.7 Å². The molecule has 1 unspecified atom stereocenters. The van der Waals surface area contributed by atoms with Crippen LogP contribution < -0.4 is 4.90 Å². The van der Waals surface area contributed by atoms with Crippen molar-refractivity contribution in [2.24, 2.45) is 0 Å². The highest BCUT2D eigenvalue weighted by molar-refractivity contribution is 5.96. The van der Waals surface area contributed by atoms with Crippen molar-refractivity contribution in [2.75, 3.05) is 38.1 Å². The first-order valence-corrected chi connectivity index (χ1v) is 11.9. The van der Waals surface area contributed by atoms with Crippen molar-refractivity contribution in [1.29, 1.82) is 0 Å². The van der Waals surface area contributed by atoms with E-state index in [2.05, 4.69) is 9.88 Å². The van der Waals surface area contributed by atoms with Gasteiger partial charge in [0.05, 0.1) is 30.4 Å². The van der Waals surface area contributed by atoms with Crippen LogP contribution >= 0.6 is 0 Å². The number of amides is 2. The second-order valence-corrected chi connectivity index (χ2v) is 9.25. The van der Waals surface area contributed by atoms with Crippen molar-refractivity contribution >= 4 is 29.4 Å². The molecule has 10 nitrogen and oxygen atoms in total. The second-order valence-electron chi connectivity index (χ2n) is 9.25. The SMILES string of the molecule is CN1CC(=O)N(c2cccnc2)CC12CCN(C(=O)Cc1cccc(F)c1)C2.O=C(O)C(F)(F)F.O=C(O)C(F)(F)F. The van der Waals surface area contributed by atoms with E-state index in [1.54, 1.807) is 29.4 Å². The fraction of sp³-hybridized carbons (Fsp3) is 0.400. The zero-order valence-electron chi connectivity index (χ0n) is 21.8. The summed E-state index contributed by atoms with van der Waals surface area (Å²) in [4.78, 5) is 52.9. The molecule has 2 aromatic rings. The molecule has 230 valence electrons. The molecule has 2 aliphatic heterocycles. The zero-order valence-corrected chi connectivity index (χ0v) is 21.8. The second kappa shape index (κ2) is 13.6. The van der Waals surface area contributed by atoms with E-state index < -0.39 is 24.3 Å².